The van der Waals surface area contributed by atoms with Crippen LogP contribution in [0.4, 0.5) is 0 Å². The summed E-state index contributed by atoms with van der Waals surface area (Å²) >= 11 is 0. The van der Waals surface area contributed by atoms with Gasteiger partial charge in [-0.25, -0.2) is 9.97 Å². The Balaban J connectivity index is 1.95. The zero-order valence-electron chi connectivity index (χ0n) is 14.0. The summed E-state index contributed by atoms with van der Waals surface area (Å²) < 4.78 is 7.32. The molecule has 3 aromatic carbocycles. The highest BCUT2D eigenvalue weighted by Crippen LogP contribution is 2.36. The zero-order valence-corrected chi connectivity index (χ0v) is 14.0. The van der Waals surface area contributed by atoms with Crippen LogP contribution in [0.5, 0.6) is 11.5 Å². The van der Waals surface area contributed by atoms with Gasteiger partial charge in [-0.05, 0) is 18.2 Å². The first kappa shape index (κ1) is 14.7. The minimum Gasteiger partial charge on any atom is -0.504 e. The summed E-state index contributed by atoms with van der Waals surface area (Å²) in [6.07, 6.45) is 1.54. The number of ether oxygens (including phenoxy) is 1. The van der Waals surface area contributed by atoms with Crippen LogP contribution in [0.2, 0.25) is 0 Å². The van der Waals surface area contributed by atoms with Crippen molar-refractivity contribution in [1.82, 2.24) is 14.5 Å². The summed E-state index contributed by atoms with van der Waals surface area (Å²) in [7, 11) is 1.52. The number of fused-ring (bicyclic) bond motifs is 4. The number of phenolic OH excluding ortho intramolecular Hbond substituents is 1. The molecule has 0 aliphatic heterocycles. The summed E-state index contributed by atoms with van der Waals surface area (Å²) in [5, 5.41) is 13.3. The quantitative estimate of drug-likeness (QED) is 0.516. The molecule has 0 saturated carbocycles. The van der Waals surface area contributed by atoms with E-state index in [0.717, 1.165) is 33.0 Å². The SMILES string of the molecule is COc1cc2ncnc(-n3c4ccccc4c4ccccc43)c2cc1O. The molecule has 0 bridgehead atoms. The fourth-order valence-corrected chi connectivity index (χ4v) is 3.55. The zero-order chi connectivity index (χ0) is 17.7. The maximum absolute atomic E-state index is 10.3. The van der Waals surface area contributed by atoms with E-state index in [1.54, 1.807) is 12.1 Å². The van der Waals surface area contributed by atoms with Gasteiger partial charge in [0.05, 0.1) is 23.7 Å². The van der Waals surface area contributed by atoms with Crippen molar-refractivity contribution in [3.63, 3.8) is 0 Å². The lowest BCUT2D eigenvalue weighted by Gasteiger charge is -2.11. The van der Waals surface area contributed by atoms with E-state index in [0.29, 0.717) is 11.3 Å². The van der Waals surface area contributed by atoms with Gasteiger partial charge >= 0.3 is 0 Å². The number of nitrogens with zero attached hydrogens (tertiary/aromatic N) is 3. The molecule has 126 valence electrons. The topological polar surface area (TPSA) is 60.2 Å². The van der Waals surface area contributed by atoms with E-state index >= 15 is 0 Å². The summed E-state index contributed by atoms with van der Waals surface area (Å²) in [5.41, 5.74) is 2.83. The second-order valence-electron chi connectivity index (χ2n) is 6.11. The Kier molecular flexibility index (Phi) is 3.09. The fraction of sp³-hybridized carbons (Fsp3) is 0.0476. The van der Waals surface area contributed by atoms with Crippen LogP contribution in [0.15, 0.2) is 67.0 Å². The highest BCUT2D eigenvalue weighted by molar-refractivity contribution is 6.10. The molecular formula is C21H15N3O2. The van der Waals surface area contributed by atoms with Crippen LogP contribution in [0.3, 0.4) is 0 Å². The molecule has 0 atom stereocenters. The third-order valence-corrected chi connectivity index (χ3v) is 4.71. The molecule has 0 aliphatic carbocycles. The molecule has 5 aromatic rings. The van der Waals surface area contributed by atoms with E-state index in [9.17, 15) is 5.11 Å². The van der Waals surface area contributed by atoms with E-state index in [1.165, 1.54) is 13.4 Å². The molecule has 2 heterocycles. The summed E-state index contributed by atoms with van der Waals surface area (Å²) in [6, 6.07) is 19.9. The van der Waals surface area contributed by atoms with Crippen LogP contribution in [0, 0.1) is 0 Å². The summed E-state index contributed by atoms with van der Waals surface area (Å²) in [4.78, 5) is 8.89. The second-order valence-corrected chi connectivity index (χ2v) is 6.11. The van der Waals surface area contributed by atoms with E-state index < -0.39 is 0 Å². The molecule has 0 unspecified atom stereocenters. The van der Waals surface area contributed by atoms with Crippen molar-refractivity contribution in [1.29, 1.82) is 0 Å². The van der Waals surface area contributed by atoms with Gasteiger partial charge < -0.3 is 9.84 Å². The Labute approximate surface area is 149 Å². The number of aromatic nitrogens is 3. The van der Waals surface area contributed by atoms with E-state index in [4.69, 9.17) is 4.74 Å². The maximum atomic E-state index is 10.3. The molecule has 5 heteroatoms. The standard InChI is InChI=1S/C21H15N3O2/c1-26-20-11-16-15(10-19(20)25)21(23-12-22-16)24-17-8-4-2-6-13(17)14-7-3-5-9-18(14)24/h2-12,25H,1H3. The molecule has 0 aliphatic rings. The highest BCUT2D eigenvalue weighted by atomic mass is 16.5. The lowest BCUT2D eigenvalue weighted by molar-refractivity contribution is 0.374. The second kappa shape index (κ2) is 5.46. The third-order valence-electron chi connectivity index (χ3n) is 4.71. The van der Waals surface area contributed by atoms with Crippen molar-refractivity contribution < 1.29 is 9.84 Å². The molecule has 0 amide bonds. The molecule has 1 N–H and O–H groups in total. The largest absolute Gasteiger partial charge is 0.504 e. The van der Waals surface area contributed by atoms with Crippen molar-refractivity contribution in [3.05, 3.63) is 67.0 Å². The Morgan fingerprint density at radius 2 is 1.50 bits per heavy atom. The van der Waals surface area contributed by atoms with Gasteiger partial charge in [0.25, 0.3) is 0 Å². The smallest absolute Gasteiger partial charge is 0.162 e. The Morgan fingerprint density at radius 1 is 0.846 bits per heavy atom. The Morgan fingerprint density at radius 3 is 2.15 bits per heavy atom. The van der Waals surface area contributed by atoms with Crippen molar-refractivity contribution in [2.75, 3.05) is 7.11 Å². The third kappa shape index (κ3) is 1.97. The molecule has 0 saturated heterocycles. The number of rotatable bonds is 2. The Hall–Kier alpha value is -3.60. The predicted molar refractivity (Wildman–Crippen MR) is 102 cm³/mol. The first-order valence-electron chi connectivity index (χ1n) is 8.28. The average Bonchev–Trinajstić information content (AvgIpc) is 3.01. The maximum Gasteiger partial charge on any atom is 0.162 e. The predicted octanol–water partition coefficient (Wildman–Crippen LogP) is 4.44. The molecule has 26 heavy (non-hydrogen) atoms. The molecular weight excluding hydrogens is 326 g/mol. The minimum atomic E-state index is 0.0665. The number of hydrogen-bond acceptors (Lipinski definition) is 4. The molecule has 5 rings (SSSR count). The molecule has 2 aromatic heterocycles. The van der Waals surface area contributed by atoms with Gasteiger partial charge in [0.1, 0.15) is 12.1 Å². The monoisotopic (exact) mass is 341 g/mol. The number of benzene rings is 3. The number of hydrogen-bond donors (Lipinski definition) is 1. The van der Waals surface area contributed by atoms with Crippen LogP contribution in [0.25, 0.3) is 38.5 Å². The first-order chi connectivity index (χ1) is 12.8. The molecule has 0 spiro atoms. The number of aromatic hydroxyl groups is 1. The van der Waals surface area contributed by atoms with Gasteiger partial charge in [-0.2, -0.15) is 0 Å². The van der Waals surface area contributed by atoms with Gasteiger partial charge in [-0.1, -0.05) is 36.4 Å². The normalized spacial score (nSPS) is 11.4. The summed E-state index contributed by atoms with van der Waals surface area (Å²) in [5.74, 6) is 1.19. The van der Waals surface area contributed by atoms with E-state index in [1.807, 2.05) is 24.3 Å². The van der Waals surface area contributed by atoms with Crippen LogP contribution in [0.1, 0.15) is 0 Å². The highest BCUT2D eigenvalue weighted by Gasteiger charge is 2.16. The summed E-state index contributed by atoms with van der Waals surface area (Å²) in [6.45, 7) is 0. The lowest BCUT2D eigenvalue weighted by atomic mass is 10.2. The van der Waals surface area contributed by atoms with Gasteiger partial charge in [-0.15, -0.1) is 0 Å². The van der Waals surface area contributed by atoms with Crippen molar-refractivity contribution >= 4 is 32.7 Å². The van der Waals surface area contributed by atoms with Crippen molar-refractivity contribution in [2.45, 2.75) is 0 Å². The van der Waals surface area contributed by atoms with Crippen LogP contribution in [-0.4, -0.2) is 26.8 Å². The van der Waals surface area contributed by atoms with E-state index in [-0.39, 0.29) is 5.75 Å². The molecule has 0 radical (unpaired) electrons. The Bertz CT molecular complexity index is 1240. The van der Waals surface area contributed by atoms with Crippen molar-refractivity contribution in [3.8, 4) is 17.3 Å². The lowest BCUT2D eigenvalue weighted by Crippen LogP contribution is -2.00. The van der Waals surface area contributed by atoms with Gasteiger partial charge in [0.15, 0.2) is 11.5 Å². The fourth-order valence-electron chi connectivity index (χ4n) is 3.55. The van der Waals surface area contributed by atoms with Crippen molar-refractivity contribution in [2.24, 2.45) is 0 Å². The van der Waals surface area contributed by atoms with Crippen LogP contribution < -0.4 is 4.74 Å². The molecule has 0 fully saturated rings. The minimum absolute atomic E-state index is 0.0665. The number of methoxy groups -OCH3 is 1. The average molecular weight is 341 g/mol. The number of para-hydroxylation sites is 2. The van der Waals surface area contributed by atoms with Gasteiger partial charge in [0, 0.05) is 22.2 Å². The van der Waals surface area contributed by atoms with Crippen LogP contribution in [-0.2, 0) is 0 Å². The van der Waals surface area contributed by atoms with E-state index in [2.05, 4.69) is 38.8 Å². The van der Waals surface area contributed by atoms with Crippen LogP contribution >= 0.6 is 0 Å². The first-order valence-corrected chi connectivity index (χ1v) is 8.28. The molecule has 5 nitrogen and oxygen atoms in total. The van der Waals surface area contributed by atoms with Gasteiger partial charge in [0.2, 0.25) is 0 Å². The van der Waals surface area contributed by atoms with Gasteiger partial charge in [-0.3, -0.25) is 4.57 Å². The number of phenols is 1.